The van der Waals surface area contributed by atoms with E-state index in [4.69, 9.17) is 19.6 Å². The van der Waals surface area contributed by atoms with Crippen LogP contribution in [0.1, 0.15) is 219 Å². The Morgan fingerprint density at radius 3 is 1.46 bits per heavy atom. The molecule has 0 aromatic heterocycles. The normalized spacial score (nSPS) is 12.0. The van der Waals surface area contributed by atoms with E-state index >= 15 is 0 Å². The molecule has 0 spiro atoms. The number of hydrogen-bond acceptors (Lipinski definition) is 12. The smallest absolute Gasteiger partial charge is 0.306 e. The van der Waals surface area contributed by atoms with E-state index in [1.54, 1.807) is 11.8 Å². The summed E-state index contributed by atoms with van der Waals surface area (Å²) in [4.78, 5) is 33.9. The lowest BCUT2D eigenvalue weighted by atomic mass is 10.1. The molecule has 0 amide bonds. The second-order valence-electron chi connectivity index (χ2n) is 15.5. The molecule has 0 bridgehead atoms. The van der Waals surface area contributed by atoms with Crippen LogP contribution in [-0.4, -0.2) is 67.8 Å². The molecule has 56 heavy (non-hydrogen) atoms. The number of ether oxygens (including phenoxy) is 2. The lowest BCUT2D eigenvalue weighted by Crippen LogP contribution is -2.28. The third kappa shape index (κ3) is 45.7. The summed E-state index contributed by atoms with van der Waals surface area (Å²) in [5.41, 5.74) is 1.97. The third-order valence-corrected chi connectivity index (χ3v) is 11.3. The molecule has 334 valence electrons. The minimum Gasteiger partial charge on any atom is -0.462 e. The highest BCUT2D eigenvalue weighted by atomic mass is 32.2. The van der Waals surface area contributed by atoms with E-state index < -0.39 is 0 Å². The van der Waals surface area contributed by atoms with E-state index in [2.05, 4.69) is 34.5 Å². The first-order chi connectivity index (χ1) is 27.6. The molecule has 0 saturated heterocycles. The number of esters is 2. The Hall–Kier alpha value is -0.990. The largest absolute Gasteiger partial charge is 0.462 e. The Morgan fingerprint density at radius 2 is 0.964 bits per heavy atom. The zero-order valence-corrected chi connectivity index (χ0v) is 37.2. The van der Waals surface area contributed by atoms with Crippen LogP contribution in [0.5, 0.6) is 0 Å². The van der Waals surface area contributed by atoms with Gasteiger partial charge in [0.2, 0.25) is 0 Å². The number of carbonyl (C=O) groups is 2. The molecule has 0 aromatic rings. The van der Waals surface area contributed by atoms with Gasteiger partial charge >= 0.3 is 11.9 Å². The molecular weight excluding hydrogens is 731 g/mol. The number of hydrogen-bond donors (Lipinski definition) is 4. The van der Waals surface area contributed by atoms with Crippen LogP contribution in [0.4, 0.5) is 0 Å². The molecule has 1 unspecified atom stereocenters. The minimum atomic E-state index is -0.375. The quantitative estimate of drug-likeness (QED) is 0.0153. The van der Waals surface area contributed by atoms with Gasteiger partial charge in [0.15, 0.2) is 0 Å². The van der Waals surface area contributed by atoms with Crippen LogP contribution in [0.15, 0.2) is 0 Å². The molecule has 0 rings (SSSR count). The van der Waals surface area contributed by atoms with Crippen molar-refractivity contribution in [1.29, 1.82) is 0 Å². The molecule has 1 atom stereocenters. The number of nitrogens with one attached hydrogen (secondary N) is 3. The van der Waals surface area contributed by atoms with E-state index in [0.29, 0.717) is 18.6 Å². The summed E-state index contributed by atoms with van der Waals surface area (Å²) < 4.78 is 11.5. The predicted octanol–water partition coefficient (Wildman–Crippen LogP) is 11.7. The molecular formula is C44H89N3O8S. The first-order valence-corrected chi connectivity index (χ1v) is 24.5. The SMILES string of the molecule is CCCCCCCCCCCC(=O)OCC(CSCCCNCCCCCCCCCCCCCNCONOOO)OC(=O)CCCCCCCCCCC. The Bertz CT molecular complexity index is 801. The lowest BCUT2D eigenvalue weighted by molar-refractivity contribution is -0.544. The molecule has 0 aliphatic carbocycles. The monoisotopic (exact) mass is 820 g/mol. The van der Waals surface area contributed by atoms with Crippen molar-refractivity contribution < 1.29 is 39.2 Å². The van der Waals surface area contributed by atoms with Gasteiger partial charge in [-0.1, -0.05) is 179 Å². The average Bonchev–Trinajstić information content (AvgIpc) is 3.20. The molecule has 11 nitrogen and oxygen atoms in total. The lowest BCUT2D eigenvalue weighted by Gasteiger charge is -2.18. The summed E-state index contributed by atoms with van der Waals surface area (Å²) in [6.45, 7) is 7.89. The molecule has 0 aliphatic heterocycles. The van der Waals surface area contributed by atoms with Gasteiger partial charge < -0.3 is 14.8 Å². The maximum atomic E-state index is 12.7. The van der Waals surface area contributed by atoms with E-state index in [1.165, 1.54) is 154 Å². The standard InChI is InChI=1S/C44H89N3O8S/c1-3-5-7-9-11-16-20-24-28-33-43(48)51-39-42(53-44(49)34-29-25-21-17-12-10-8-6-4-2)40-56-38-32-37-45-35-30-26-22-18-14-13-15-19-23-27-31-36-46-41-52-47-54-55-50/h42,45-47,50H,3-41H2,1-2H3. The van der Waals surface area contributed by atoms with Crippen molar-refractivity contribution in [3.05, 3.63) is 0 Å². The number of thioether (sulfide) groups is 1. The van der Waals surface area contributed by atoms with E-state index in [0.717, 1.165) is 63.9 Å². The van der Waals surface area contributed by atoms with Gasteiger partial charge in [0.1, 0.15) is 19.4 Å². The number of rotatable bonds is 48. The van der Waals surface area contributed by atoms with Crippen LogP contribution in [0, 0.1) is 0 Å². The van der Waals surface area contributed by atoms with Crippen molar-refractivity contribution in [2.24, 2.45) is 0 Å². The fraction of sp³-hybridized carbons (Fsp3) is 0.955. The average molecular weight is 820 g/mol. The molecule has 0 aromatic carbocycles. The van der Waals surface area contributed by atoms with Gasteiger partial charge in [-0.15, -0.1) is 0 Å². The number of carbonyl (C=O) groups excluding carboxylic acids is 2. The molecule has 0 heterocycles. The van der Waals surface area contributed by atoms with Crippen LogP contribution >= 0.6 is 11.8 Å². The van der Waals surface area contributed by atoms with Crippen LogP contribution < -0.4 is 16.3 Å². The van der Waals surface area contributed by atoms with Crippen molar-refractivity contribution >= 4 is 23.7 Å². The highest BCUT2D eigenvalue weighted by Gasteiger charge is 2.17. The van der Waals surface area contributed by atoms with Gasteiger partial charge in [0.25, 0.3) is 0 Å². The summed E-state index contributed by atoms with van der Waals surface area (Å²) >= 11 is 1.79. The highest BCUT2D eigenvalue weighted by Crippen LogP contribution is 2.15. The van der Waals surface area contributed by atoms with E-state index in [1.807, 2.05) is 5.64 Å². The fourth-order valence-corrected chi connectivity index (χ4v) is 7.64. The molecule has 0 fully saturated rings. The van der Waals surface area contributed by atoms with Crippen molar-refractivity contribution in [2.45, 2.75) is 225 Å². The van der Waals surface area contributed by atoms with Gasteiger partial charge in [-0.05, 0) is 68.2 Å². The Balaban J connectivity index is 3.99. The summed E-state index contributed by atoms with van der Waals surface area (Å²) in [6, 6.07) is 0. The zero-order valence-electron chi connectivity index (χ0n) is 36.4. The maximum Gasteiger partial charge on any atom is 0.306 e. The van der Waals surface area contributed by atoms with Gasteiger partial charge in [0.05, 0.1) is 0 Å². The molecule has 4 N–H and O–H groups in total. The zero-order chi connectivity index (χ0) is 40.7. The van der Waals surface area contributed by atoms with Crippen LogP contribution in [0.2, 0.25) is 0 Å². The van der Waals surface area contributed by atoms with Crippen LogP contribution in [0.3, 0.4) is 0 Å². The van der Waals surface area contributed by atoms with Gasteiger partial charge in [-0.25, -0.2) is 5.26 Å². The highest BCUT2D eigenvalue weighted by molar-refractivity contribution is 7.99. The van der Waals surface area contributed by atoms with E-state index in [9.17, 15) is 9.59 Å². The van der Waals surface area contributed by atoms with Gasteiger partial charge in [0, 0.05) is 18.6 Å². The van der Waals surface area contributed by atoms with Crippen LogP contribution in [0.25, 0.3) is 0 Å². The fourth-order valence-electron chi connectivity index (χ4n) is 6.70. The Labute approximate surface area is 348 Å². The van der Waals surface area contributed by atoms with Crippen molar-refractivity contribution in [3.8, 4) is 0 Å². The maximum absolute atomic E-state index is 12.7. The Morgan fingerprint density at radius 1 is 0.536 bits per heavy atom. The summed E-state index contributed by atoms with van der Waals surface area (Å²) in [5, 5.41) is 18.0. The molecule has 0 radical (unpaired) electrons. The molecule has 0 aliphatic rings. The van der Waals surface area contributed by atoms with Crippen molar-refractivity contribution in [3.63, 3.8) is 0 Å². The minimum absolute atomic E-state index is 0.156. The molecule has 0 saturated carbocycles. The summed E-state index contributed by atoms with van der Waals surface area (Å²) in [6.07, 6.45) is 37.6. The topological polar surface area (TPSA) is 137 Å². The first-order valence-electron chi connectivity index (χ1n) is 23.3. The second-order valence-corrected chi connectivity index (χ2v) is 16.7. The van der Waals surface area contributed by atoms with Crippen LogP contribution in [-0.2, 0) is 33.9 Å². The summed E-state index contributed by atoms with van der Waals surface area (Å²) in [7, 11) is 0. The second kappa shape index (κ2) is 48.4. The van der Waals surface area contributed by atoms with Gasteiger partial charge in [-0.3, -0.25) is 19.7 Å². The molecule has 12 heteroatoms. The van der Waals surface area contributed by atoms with Gasteiger partial charge in [-0.2, -0.15) is 11.8 Å². The Kier molecular flexibility index (Phi) is 47.5. The van der Waals surface area contributed by atoms with E-state index in [-0.39, 0.29) is 31.4 Å². The van der Waals surface area contributed by atoms with Crippen molar-refractivity contribution in [1.82, 2.24) is 16.3 Å². The number of unbranched alkanes of at least 4 members (excludes halogenated alkanes) is 26. The van der Waals surface area contributed by atoms with Crippen molar-refractivity contribution in [2.75, 3.05) is 44.5 Å². The predicted molar refractivity (Wildman–Crippen MR) is 232 cm³/mol. The first kappa shape index (κ1) is 55.0. The third-order valence-electron chi connectivity index (χ3n) is 10.2. The summed E-state index contributed by atoms with van der Waals surface area (Å²) in [5.74, 6) is 1.34.